The van der Waals surface area contributed by atoms with Crippen LogP contribution >= 0.6 is 11.6 Å². The van der Waals surface area contributed by atoms with E-state index >= 15 is 0 Å². The summed E-state index contributed by atoms with van der Waals surface area (Å²) in [5.74, 6) is 0.471. The van der Waals surface area contributed by atoms with Gasteiger partial charge in [-0.3, -0.25) is 4.79 Å². The number of rotatable bonds is 1. The van der Waals surface area contributed by atoms with Crippen molar-refractivity contribution in [2.45, 2.75) is 25.7 Å². The Kier molecular flexibility index (Phi) is 2.12. The van der Waals surface area contributed by atoms with Crippen molar-refractivity contribution in [3.05, 3.63) is 34.3 Å². The van der Waals surface area contributed by atoms with E-state index in [-0.39, 0.29) is 5.92 Å². The Morgan fingerprint density at radius 3 is 2.62 bits per heavy atom. The quantitative estimate of drug-likeness (QED) is 0.672. The molecule has 0 saturated heterocycles. The second-order valence-electron chi connectivity index (χ2n) is 3.62. The van der Waals surface area contributed by atoms with E-state index in [0.717, 1.165) is 29.0 Å². The van der Waals surface area contributed by atoms with Crippen molar-refractivity contribution in [3.63, 3.8) is 0 Å². The van der Waals surface area contributed by atoms with Crippen LogP contribution in [-0.2, 0) is 4.79 Å². The molecule has 1 aromatic rings. The van der Waals surface area contributed by atoms with Gasteiger partial charge in [0.1, 0.15) is 5.78 Å². The standard InChI is InChI=1S/C11H11ClO/c1-7-4-8(6-9(12)5-7)10-2-3-11(10)13/h4-6,10H,2-3H2,1H3. The van der Waals surface area contributed by atoms with Crippen LogP contribution in [0.4, 0.5) is 0 Å². The molecule has 1 unspecified atom stereocenters. The first kappa shape index (κ1) is 8.76. The van der Waals surface area contributed by atoms with Crippen LogP contribution in [-0.4, -0.2) is 5.78 Å². The molecular formula is C11H11ClO. The molecule has 0 radical (unpaired) electrons. The first-order chi connectivity index (χ1) is 6.16. The topological polar surface area (TPSA) is 17.1 Å². The summed E-state index contributed by atoms with van der Waals surface area (Å²) in [5, 5.41) is 0.731. The van der Waals surface area contributed by atoms with E-state index in [9.17, 15) is 4.79 Å². The minimum Gasteiger partial charge on any atom is -0.299 e. The van der Waals surface area contributed by atoms with Gasteiger partial charge in [0.25, 0.3) is 0 Å². The minimum atomic E-state index is 0.123. The van der Waals surface area contributed by atoms with Gasteiger partial charge in [0, 0.05) is 17.4 Å². The molecule has 2 heteroatoms. The van der Waals surface area contributed by atoms with E-state index in [0.29, 0.717) is 5.78 Å². The summed E-state index contributed by atoms with van der Waals surface area (Å²) in [6.07, 6.45) is 1.72. The smallest absolute Gasteiger partial charge is 0.140 e. The summed E-state index contributed by atoms with van der Waals surface area (Å²) in [7, 11) is 0. The maximum atomic E-state index is 11.2. The van der Waals surface area contributed by atoms with Gasteiger partial charge in [0.15, 0.2) is 0 Å². The van der Waals surface area contributed by atoms with Crippen LogP contribution in [0.2, 0.25) is 5.02 Å². The van der Waals surface area contributed by atoms with Gasteiger partial charge in [-0.15, -0.1) is 0 Å². The number of hydrogen-bond acceptors (Lipinski definition) is 1. The molecule has 0 amide bonds. The van der Waals surface area contributed by atoms with Crippen LogP contribution in [0, 0.1) is 6.92 Å². The highest BCUT2D eigenvalue weighted by atomic mass is 35.5. The third-order valence-corrected chi connectivity index (χ3v) is 2.75. The number of carbonyl (C=O) groups excluding carboxylic acids is 1. The molecule has 0 bridgehead atoms. The van der Waals surface area contributed by atoms with Crippen molar-refractivity contribution >= 4 is 17.4 Å². The Bertz CT molecular complexity index is 337. The van der Waals surface area contributed by atoms with Crippen LogP contribution in [0.1, 0.15) is 29.9 Å². The fourth-order valence-electron chi connectivity index (χ4n) is 1.72. The van der Waals surface area contributed by atoms with Crippen molar-refractivity contribution in [2.75, 3.05) is 0 Å². The Balaban J connectivity index is 2.34. The van der Waals surface area contributed by atoms with E-state index in [1.807, 2.05) is 25.1 Å². The number of halogens is 1. The van der Waals surface area contributed by atoms with Crippen molar-refractivity contribution in [2.24, 2.45) is 0 Å². The molecule has 1 aromatic carbocycles. The van der Waals surface area contributed by atoms with E-state index in [2.05, 4.69) is 0 Å². The van der Waals surface area contributed by atoms with Gasteiger partial charge >= 0.3 is 0 Å². The van der Waals surface area contributed by atoms with Gasteiger partial charge < -0.3 is 0 Å². The summed E-state index contributed by atoms with van der Waals surface area (Å²) < 4.78 is 0. The zero-order valence-corrected chi connectivity index (χ0v) is 8.27. The number of benzene rings is 1. The van der Waals surface area contributed by atoms with Crippen molar-refractivity contribution < 1.29 is 4.79 Å². The van der Waals surface area contributed by atoms with Crippen LogP contribution in [0.15, 0.2) is 18.2 Å². The number of hydrogen-bond donors (Lipinski definition) is 0. The lowest BCUT2D eigenvalue weighted by Gasteiger charge is -2.24. The van der Waals surface area contributed by atoms with Crippen molar-refractivity contribution in [1.82, 2.24) is 0 Å². The van der Waals surface area contributed by atoms with Gasteiger partial charge in [0.2, 0.25) is 0 Å². The summed E-state index contributed by atoms with van der Waals surface area (Å²) >= 11 is 5.91. The molecule has 0 N–H and O–H groups in total. The highest BCUT2D eigenvalue weighted by Gasteiger charge is 2.29. The average Bonchev–Trinajstić information content (AvgIpc) is 1.99. The molecule has 1 nitrogen and oxygen atoms in total. The van der Waals surface area contributed by atoms with Crippen LogP contribution in [0.3, 0.4) is 0 Å². The predicted molar refractivity (Wildman–Crippen MR) is 53.2 cm³/mol. The third kappa shape index (κ3) is 1.61. The number of Topliss-reactive ketones (excluding diaryl/α,β-unsaturated/α-hetero) is 1. The summed E-state index contributed by atoms with van der Waals surface area (Å²) in [6, 6.07) is 5.86. The second kappa shape index (κ2) is 3.15. The lowest BCUT2D eigenvalue weighted by Crippen LogP contribution is -2.23. The molecule has 1 aliphatic rings. The Labute approximate surface area is 82.7 Å². The molecule has 0 heterocycles. The first-order valence-corrected chi connectivity index (χ1v) is 4.84. The normalized spacial score (nSPS) is 21.4. The molecule has 1 saturated carbocycles. The number of aryl methyl sites for hydroxylation is 1. The van der Waals surface area contributed by atoms with Crippen LogP contribution in [0.25, 0.3) is 0 Å². The first-order valence-electron chi connectivity index (χ1n) is 4.46. The van der Waals surface area contributed by atoms with Crippen molar-refractivity contribution in [3.8, 4) is 0 Å². The van der Waals surface area contributed by atoms with Gasteiger partial charge in [-0.2, -0.15) is 0 Å². The van der Waals surface area contributed by atoms with Crippen LogP contribution in [0.5, 0.6) is 0 Å². The molecule has 2 rings (SSSR count). The van der Waals surface area contributed by atoms with E-state index < -0.39 is 0 Å². The van der Waals surface area contributed by atoms with Gasteiger partial charge in [-0.25, -0.2) is 0 Å². The fourth-order valence-corrected chi connectivity index (χ4v) is 2.02. The Morgan fingerprint density at radius 1 is 1.38 bits per heavy atom. The average molecular weight is 195 g/mol. The lowest BCUT2D eigenvalue weighted by atomic mass is 9.78. The predicted octanol–water partition coefficient (Wildman–Crippen LogP) is 3.09. The fraction of sp³-hybridized carbons (Fsp3) is 0.364. The zero-order valence-electron chi connectivity index (χ0n) is 7.51. The molecule has 1 fully saturated rings. The Hall–Kier alpha value is -0.820. The van der Waals surface area contributed by atoms with Gasteiger partial charge in [-0.05, 0) is 36.6 Å². The lowest BCUT2D eigenvalue weighted by molar-refractivity contribution is -0.125. The molecule has 0 aromatic heterocycles. The second-order valence-corrected chi connectivity index (χ2v) is 4.06. The molecule has 1 aliphatic carbocycles. The van der Waals surface area contributed by atoms with Crippen LogP contribution < -0.4 is 0 Å². The summed E-state index contributed by atoms with van der Waals surface area (Å²) in [4.78, 5) is 11.2. The third-order valence-electron chi connectivity index (χ3n) is 2.53. The summed E-state index contributed by atoms with van der Waals surface area (Å²) in [5.41, 5.74) is 2.21. The Morgan fingerprint density at radius 2 is 2.15 bits per heavy atom. The maximum Gasteiger partial charge on any atom is 0.140 e. The number of carbonyl (C=O) groups is 1. The highest BCUT2D eigenvalue weighted by Crippen LogP contribution is 2.34. The number of ketones is 1. The van der Waals surface area contributed by atoms with E-state index in [4.69, 9.17) is 11.6 Å². The molecule has 0 aliphatic heterocycles. The SMILES string of the molecule is Cc1cc(Cl)cc(C2CCC2=O)c1. The molecule has 0 spiro atoms. The largest absolute Gasteiger partial charge is 0.299 e. The van der Waals surface area contributed by atoms with Crippen molar-refractivity contribution in [1.29, 1.82) is 0 Å². The molecule has 13 heavy (non-hydrogen) atoms. The van der Waals surface area contributed by atoms with E-state index in [1.54, 1.807) is 0 Å². The van der Waals surface area contributed by atoms with Gasteiger partial charge in [-0.1, -0.05) is 17.7 Å². The minimum absolute atomic E-state index is 0.123. The van der Waals surface area contributed by atoms with E-state index in [1.165, 1.54) is 0 Å². The summed E-state index contributed by atoms with van der Waals surface area (Å²) in [6.45, 7) is 2.00. The molecule has 68 valence electrons. The monoisotopic (exact) mass is 194 g/mol. The molecule has 1 atom stereocenters. The van der Waals surface area contributed by atoms with Gasteiger partial charge in [0.05, 0.1) is 0 Å². The maximum absolute atomic E-state index is 11.2. The zero-order chi connectivity index (χ0) is 9.42. The molecular weight excluding hydrogens is 184 g/mol. The highest BCUT2D eigenvalue weighted by molar-refractivity contribution is 6.30.